The van der Waals surface area contributed by atoms with Gasteiger partial charge in [0.2, 0.25) is 17.2 Å². The predicted octanol–water partition coefficient (Wildman–Crippen LogP) is 1.24. The second kappa shape index (κ2) is 7.26. The monoisotopic (exact) mass is 314 g/mol. The van der Waals surface area contributed by atoms with Crippen molar-refractivity contribution < 1.29 is 9.53 Å². The van der Waals surface area contributed by atoms with Crippen LogP contribution in [0, 0.1) is 0 Å². The van der Waals surface area contributed by atoms with Crippen molar-refractivity contribution >= 4 is 29.6 Å². The molecule has 1 fully saturated rings. The molecule has 0 saturated carbocycles. The molecule has 1 aromatic heterocycles. The van der Waals surface area contributed by atoms with Crippen LogP contribution in [0.4, 0.5) is 16.7 Å². The summed E-state index contributed by atoms with van der Waals surface area (Å²) < 4.78 is 4.99. The van der Waals surface area contributed by atoms with Gasteiger partial charge in [0, 0.05) is 32.7 Å². The number of hydrogen-bond acceptors (Lipinski definition) is 7. The normalized spacial score (nSPS) is 15.0. The van der Waals surface area contributed by atoms with Crippen LogP contribution in [-0.2, 0) is 4.74 Å². The molecule has 0 bridgehead atoms. The van der Waals surface area contributed by atoms with Crippen molar-refractivity contribution in [2.75, 3.05) is 49.5 Å². The van der Waals surface area contributed by atoms with E-state index in [-0.39, 0.29) is 11.4 Å². The van der Waals surface area contributed by atoms with Gasteiger partial charge in [-0.1, -0.05) is 0 Å². The number of rotatable bonds is 4. The molecule has 1 aliphatic heterocycles. The average molecular weight is 315 g/mol. The summed E-state index contributed by atoms with van der Waals surface area (Å²) in [5.74, 6) is 0.981. The minimum absolute atomic E-state index is 0.156. The van der Waals surface area contributed by atoms with Crippen LogP contribution in [0.15, 0.2) is 0 Å². The summed E-state index contributed by atoms with van der Waals surface area (Å²) in [5, 5.41) is 3.17. The van der Waals surface area contributed by atoms with Crippen molar-refractivity contribution in [1.82, 2.24) is 19.9 Å². The third-order valence-corrected chi connectivity index (χ3v) is 3.19. The zero-order valence-corrected chi connectivity index (χ0v) is 12.9. The van der Waals surface area contributed by atoms with E-state index < -0.39 is 0 Å². The predicted molar refractivity (Wildman–Crippen MR) is 79.8 cm³/mol. The molecule has 1 aromatic rings. The van der Waals surface area contributed by atoms with Crippen LogP contribution < -0.4 is 10.2 Å². The van der Waals surface area contributed by atoms with E-state index in [0.717, 1.165) is 0 Å². The number of halogens is 1. The highest BCUT2D eigenvalue weighted by Gasteiger charge is 2.24. The van der Waals surface area contributed by atoms with Gasteiger partial charge >= 0.3 is 6.09 Å². The van der Waals surface area contributed by atoms with Crippen molar-refractivity contribution in [1.29, 1.82) is 0 Å². The van der Waals surface area contributed by atoms with Gasteiger partial charge in [0.25, 0.3) is 0 Å². The molecule has 1 N–H and O–H groups in total. The Bertz CT molecular complexity index is 493. The number of carbonyl (C=O) groups excluding carboxylic acids is 1. The Morgan fingerprint density at radius 1 is 1.24 bits per heavy atom. The fourth-order valence-corrected chi connectivity index (χ4v) is 2.18. The standard InChI is InChI=1S/C12H19ClN6O2/c1-3-14-10-15-9(13)16-11(17-10)18-5-7-19(8-6-18)12(20)21-4-2/h3-8H2,1-2H3,(H,14,15,16,17). The second-order valence-electron chi connectivity index (χ2n) is 4.43. The molecule has 1 amide bonds. The second-order valence-corrected chi connectivity index (χ2v) is 4.77. The maximum absolute atomic E-state index is 11.6. The summed E-state index contributed by atoms with van der Waals surface area (Å²) in [5.41, 5.74) is 0. The largest absolute Gasteiger partial charge is 0.450 e. The first-order valence-corrected chi connectivity index (χ1v) is 7.34. The van der Waals surface area contributed by atoms with E-state index >= 15 is 0 Å². The van der Waals surface area contributed by atoms with Crippen LogP contribution in [0.3, 0.4) is 0 Å². The molecule has 1 aliphatic rings. The van der Waals surface area contributed by atoms with Crippen LogP contribution in [0.5, 0.6) is 0 Å². The molecular formula is C12H19ClN6O2. The maximum Gasteiger partial charge on any atom is 0.409 e. The molecule has 1 saturated heterocycles. The lowest BCUT2D eigenvalue weighted by molar-refractivity contribution is 0.105. The number of ether oxygens (including phenoxy) is 1. The highest BCUT2D eigenvalue weighted by molar-refractivity contribution is 6.28. The minimum atomic E-state index is -0.279. The number of piperazine rings is 1. The Kier molecular flexibility index (Phi) is 5.38. The number of hydrogen-bond donors (Lipinski definition) is 1. The molecule has 0 aromatic carbocycles. The lowest BCUT2D eigenvalue weighted by Crippen LogP contribution is -2.49. The SMILES string of the molecule is CCNc1nc(Cl)nc(N2CCN(C(=O)OCC)CC2)n1. The molecule has 2 rings (SSSR count). The number of nitrogens with zero attached hydrogens (tertiary/aromatic N) is 5. The molecule has 0 radical (unpaired) electrons. The summed E-state index contributed by atoms with van der Waals surface area (Å²) in [7, 11) is 0. The topological polar surface area (TPSA) is 83.5 Å². The van der Waals surface area contributed by atoms with Gasteiger partial charge < -0.3 is 19.9 Å². The van der Waals surface area contributed by atoms with E-state index in [4.69, 9.17) is 16.3 Å². The van der Waals surface area contributed by atoms with E-state index in [2.05, 4.69) is 20.3 Å². The van der Waals surface area contributed by atoms with Crippen LogP contribution in [0.2, 0.25) is 5.28 Å². The minimum Gasteiger partial charge on any atom is -0.450 e. The highest BCUT2D eigenvalue weighted by Crippen LogP contribution is 2.16. The average Bonchev–Trinajstić information content (AvgIpc) is 2.47. The van der Waals surface area contributed by atoms with Crippen molar-refractivity contribution in [3.8, 4) is 0 Å². The number of nitrogens with one attached hydrogen (secondary N) is 1. The molecule has 0 unspecified atom stereocenters. The highest BCUT2D eigenvalue weighted by atomic mass is 35.5. The van der Waals surface area contributed by atoms with Crippen molar-refractivity contribution in [3.05, 3.63) is 5.28 Å². The summed E-state index contributed by atoms with van der Waals surface area (Å²) >= 11 is 5.91. The lowest BCUT2D eigenvalue weighted by atomic mass is 10.3. The van der Waals surface area contributed by atoms with Crippen LogP contribution in [-0.4, -0.2) is 65.3 Å². The van der Waals surface area contributed by atoms with Crippen molar-refractivity contribution in [2.45, 2.75) is 13.8 Å². The summed E-state index contributed by atoms with van der Waals surface area (Å²) in [4.78, 5) is 27.8. The summed E-state index contributed by atoms with van der Waals surface area (Å²) in [6.07, 6.45) is -0.279. The zero-order chi connectivity index (χ0) is 15.2. The van der Waals surface area contributed by atoms with Crippen LogP contribution in [0.1, 0.15) is 13.8 Å². The number of carbonyl (C=O) groups is 1. The van der Waals surface area contributed by atoms with Crippen LogP contribution in [0.25, 0.3) is 0 Å². The third kappa shape index (κ3) is 4.07. The van der Waals surface area contributed by atoms with Gasteiger partial charge in [0.15, 0.2) is 0 Å². The summed E-state index contributed by atoms with van der Waals surface area (Å²) in [6.45, 7) is 7.23. The number of amides is 1. The molecule has 0 aliphatic carbocycles. The van der Waals surface area contributed by atoms with Gasteiger partial charge in [-0.25, -0.2) is 4.79 Å². The van der Waals surface area contributed by atoms with Crippen molar-refractivity contribution in [2.24, 2.45) is 0 Å². The van der Waals surface area contributed by atoms with E-state index in [0.29, 0.717) is 51.2 Å². The van der Waals surface area contributed by atoms with Crippen LogP contribution >= 0.6 is 11.6 Å². The molecule has 9 heteroatoms. The molecule has 2 heterocycles. The van der Waals surface area contributed by atoms with Gasteiger partial charge in [-0.05, 0) is 25.4 Å². The quantitative estimate of drug-likeness (QED) is 0.895. The Labute approximate surface area is 128 Å². The van der Waals surface area contributed by atoms with E-state index in [9.17, 15) is 4.79 Å². The van der Waals surface area contributed by atoms with E-state index in [1.54, 1.807) is 11.8 Å². The first-order chi connectivity index (χ1) is 10.1. The fourth-order valence-electron chi connectivity index (χ4n) is 2.02. The van der Waals surface area contributed by atoms with Gasteiger partial charge in [0.05, 0.1) is 6.61 Å². The molecule has 116 valence electrons. The number of anilines is 2. The Morgan fingerprint density at radius 2 is 1.95 bits per heavy atom. The van der Waals surface area contributed by atoms with Crippen molar-refractivity contribution in [3.63, 3.8) is 0 Å². The first kappa shape index (κ1) is 15.6. The van der Waals surface area contributed by atoms with E-state index in [1.807, 2.05) is 11.8 Å². The first-order valence-electron chi connectivity index (χ1n) is 6.96. The Morgan fingerprint density at radius 3 is 2.57 bits per heavy atom. The maximum atomic E-state index is 11.6. The lowest BCUT2D eigenvalue weighted by Gasteiger charge is -2.34. The molecule has 0 spiro atoms. The van der Waals surface area contributed by atoms with Gasteiger partial charge in [-0.2, -0.15) is 15.0 Å². The Hall–Kier alpha value is -1.83. The van der Waals surface area contributed by atoms with Gasteiger partial charge in [-0.15, -0.1) is 0 Å². The van der Waals surface area contributed by atoms with Gasteiger partial charge in [0.1, 0.15) is 0 Å². The zero-order valence-electron chi connectivity index (χ0n) is 12.2. The number of aromatic nitrogens is 3. The van der Waals surface area contributed by atoms with E-state index in [1.165, 1.54) is 0 Å². The molecule has 8 nitrogen and oxygen atoms in total. The molecule has 21 heavy (non-hydrogen) atoms. The molecular weight excluding hydrogens is 296 g/mol. The Balaban J connectivity index is 2.00. The fraction of sp³-hybridized carbons (Fsp3) is 0.667. The summed E-state index contributed by atoms with van der Waals surface area (Å²) in [6, 6.07) is 0. The molecule has 0 atom stereocenters. The van der Waals surface area contributed by atoms with Gasteiger partial charge in [-0.3, -0.25) is 0 Å². The third-order valence-electron chi connectivity index (χ3n) is 3.02. The smallest absolute Gasteiger partial charge is 0.409 e.